The van der Waals surface area contributed by atoms with Gasteiger partial charge in [0.15, 0.2) is 5.96 Å². The van der Waals surface area contributed by atoms with E-state index >= 15 is 0 Å². The number of aromatic nitrogens is 2. The van der Waals surface area contributed by atoms with E-state index in [1.54, 1.807) is 7.05 Å². The molecule has 0 saturated carbocycles. The van der Waals surface area contributed by atoms with Gasteiger partial charge in [0.2, 0.25) is 0 Å². The van der Waals surface area contributed by atoms with E-state index in [-0.39, 0.29) is 24.0 Å². The minimum Gasteiger partial charge on any atom is -0.356 e. The molecule has 0 aliphatic heterocycles. The summed E-state index contributed by atoms with van der Waals surface area (Å²) in [6.45, 7) is 1.79. The summed E-state index contributed by atoms with van der Waals surface area (Å²) in [6, 6.07) is 10.4. The number of aliphatic imine (C=N–C) groups is 1. The molecular weight excluding hydrogens is 433 g/mol. The van der Waals surface area contributed by atoms with E-state index in [1.165, 1.54) is 10.5 Å². The number of halogens is 1. The smallest absolute Gasteiger partial charge is 0.191 e. The van der Waals surface area contributed by atoms with E-state index in [1.807, 2.05) is 35.8 Å². The molecule has 2 N–H and O–H groups in total. The summed E-state index contributed by atoms with van der Waals surface area (Å²) in [5.41, 5.74) is 1.27. The Morgan fingerprint density at radius 3 is 2.62 bits per heavy atom. The normalized spacial score (nSPS) is 11.0. The zero-order valence-electron chi connectivity index (χ0n) is 14.2. The zero-order chi connectivity index (χ0) is 16.3. The molecule has 0 aliphatic rings. The average molecular weight is 459 g/mol. The van der Waals surface area contributed by atoms with Crippen LogP contribution in [0.15, 0.2) is 52.6 Å². The van der Waals surface area contributed by atoms with Crippen LogP contribution in [0.25, 0.3) is 0 Å². The van der Waals surface area contributed by atoms with Gasteiger partial charge in [0.25, 0.3) is 0 Å². The second kappa shape index (κ2) is 12.2. The van der Waals surface area contributed by atoms with Crippen LogP contribution in [0.5, 0.6) is 0 Å². The lowest BCUT2D eigenvalue weighted by Crippen LogP contribution is -2.38. The molecule has 0 bridgehead atoms. The number of benzene rings is 1. The Bertz CT molecular complexity index is 600. The highest BCUT2D eigenvalue weighted by Gasteiger charge is 1.99. The highest BCUT2D eigenvalue weighted by molar-refractivity contribution is 14.0. The van der Waals surface area contributed by atoms with Crippen molar-refractivity contribution in [2.45, 2.75) is 17.7 Å². The van der Waals surface area contributed by atoms with Gasteiger partial charge in [-0.05, 0) is 30.5 Å². The second-order valence-electron chi connectivity index (χ2n) is 5.21. The monoisotopic (exact) mass is 459 g/mol. The fraction of sp³-hybridized carbons (Fsp3) is 0.412. The minimum absolute atomic E-state index is 0. The lowest BCUT2D eigenvalue weighted by atomic mass is 10.2. The Labute approximate surface area is 165 Å². The van der Waals surface area contributed by atoms with Crippen molar-refractivity contribution in [1.82, 2.24) is 20.4 Å². The van der Waals surface area contributed by atoms with E-state index in [0.29, 0.717) is 0 Å². The molecular formula is C17H26IN5S. The maximum atomic E-state index is 4.25. The average Bonchev–Trinajstić information content (AvgIpc) is 2.99. The quantitative estimate of drug-likeness (QED) is 0.210. The molecule has 5 nitrogen and oxygen atoms in total. The molecule has 0 aliphatic carbocycles. The molecule has 0 atom stereocenters. The SMILES string of the molecule is CN=C(NCCCc1cnn(C)c1)NCCSc1ccccc1.I. The van der Waals surface area contributed by atoms with Gasteiger partial charge in [-0.25, -0.2) is 0 Å². The Morgan fingerprint density at radius 1 is 1.21 bits per heavy atom. The van der Waals surface area contributed by atoms with Crippen molar-refractivity contribution in [3.63, 3.8) is 0 Å². The van der Waals surface area contributed by atoms with Gasteiger partial charge < -0.3 is 10.6 Å². The summed E-state index contributed by atoms with van der Waals surface area (Å²) in [7, 11) is 3.75. The van der Waals surface area contributed by atoms with Crippen LogP contribution < -0.4 is 10.6 Å². The van der Waals surface area contributed by atoms with Crippen LogP contribution in [-0.4, -0.2) is 41.6 Å². The van der Waals surface area contributed by atoms with Crippen molar-refractivity contribution in [3.8, 4) is 0 Å². The Kier molecular flexibility index (Phi) is 10.6. The molecule has 7 heteroatoms. The topological polar surface area (TPSA) is 54.2 Å². The summed E-state index contributed by atoms with van der Waals surface area (Å²) in [4.78, 5) is 5.55. The number of rotatable bonds is 8. The summed E-state index contributed by atoms with van der Waals surface area (Å²) in [5.74, 6) is 1.88. The zero-order valence-corrected chi connectivity index (χ0v) is 17.4. The molecule has 0 spiro atoms. The number of nitrogens with one attached hydrogen (secondary N) is 2. The van der Waals surface area contributed by atoms with Crippen molar-refractivity contribution in [2.75, 3.05) is 25.9 Å². The van der Waals surface area contributed by atoms with Gasteiger partial charge in [0.05, 0.1) is 6.20 Å². The van der Waals surface area contributed by atoms with Crippen molar-refractivity contribution >= 4 is 41.7 Å². The van der Waals surface area contributed by atoms with Gasteiger partial charge in [-0.1, -0.05) is 18.2 Å². The van der Waals surface area contributed by atoms with Crippen LogP contribution >= 0.6 is 35.7 Å². The number of aryl methyl sites for hydroxylation is 2. The lowest BCUT2D eigenvalue weighted by Gasteiger charge is -2.11. The van der Waals surface area contributed by atoms with Gasteiger partial charge in [-0.3, -0.25) is 9.67 Å². The third kappa shape index (κ3) is 8.05. The highest BCUT2D eigenvalue weighted by Crippen LogP contribution is 2.15. The predicted molar refractivity (Wildman–Crippen MR) is 113 cm³/mol. The molecule has 2 rings (SSSR count). The highest BCUT2D eigenvalue weighted by atomic mass is 127. The predicted octanol–water partition coefficient (Wildman–Crippen LogP) is 2.93. The van der Waals surface area contributed by atoms with Gasteiger partial charge in [0.1, 0.15) is 0 Å². The maximum Gasteiger partial charge on any atom is 0.191 e. The number of nitrogens with zero attached hydrogens (tertiary/aromatic N) is 3. The molecule has 2 aromatic rings. The van der Waals surface area contributed by atoms with Crippen LogP contribution in [0.4, 0.5) is 0 Å². The van der Waals surface area contributed by atoms with Crippen molar-refractivity contribution in [2.24, 2.45) is 12.0 Å². The summed E-state index contributed by atoms with van der Waals surface area (Å²) in [5, 5.41) is 10.9. The van der Waals surface area contributed by atoms with Gasteiger partial charge in [-0.15, -0.1) is 35.7 Å². The Hall–Kier alpha value is -1.22. The minimum atomic E-state index is 0. The van der Waals surface area contributed by atoms with Gasteiger partial charge in [0, 0.05) is 44.0 Å². The van der Waals surface area contributed by atoms with Crippen LogP contribution in [0, 0.1) is 0 Å². The molecule has 0 fully saturated rings. The first kappa shape index (κ1) is 20.8. The summed E-state index contributed by atoms with van der Waals surface area (Å²) in [6.07, 6.45) is 6.08. The Balaban J connectivity index is 0.00000288. The molecule has 1 aromatic heterocycles. The van der Waals surface area contributed by atoms with Crippen LogP contribution in [-0.2, 0) is 13.5 Å². The fourth-order valence-corrected chi connectivity index (χ4v) is 2.97. The lowest BCUT2D eigenvalue weighted by molar-refractivity contribution is 0.745. The number of hydrogen-bond donors (Lipinski definition) is 2. The van der Waals surface area contributed by atoms with Crippen molar-refractivity contribution in [1.29, 1.82) is 0 Å². The fourth-order valence-electron chi connectivity index (χ4n) is 2.18. The van der Waals surface area contributed by atoms with Crippen LogP contribution in [0.1, 0.15) is 12.0 Å². The van der Waals surface area contributed by atoms with E-state index in [0.717, 1.165) is 37.6 Å². The number of thioether (sulfide) groups is 1. The molecule has 0 amide bonds. The molecule has 1 heterocycles. The van der Waals surface area contributed by atoms with E-state index in [2.05, 4.69) is 51.2 Å². The van der Waals surface area contributed by atoms with Crippen LogP contribution in [0.2, 0.25) is 0 Å². The van der Waals surface area contributed by atoms with Gasteiger partial charge >= 0.3 is 0 Å². The van der Waals surface area contributed by atoms with E-state index < -0.39 is 0 Å². The molecule has 0 saturated heterocycles. The van der Waals surface area contributed by atoms with Gasteiger partial charge in [-0.2, -0.15) is 5.10 Å². The first-order valence-electron chi connectivity index (χ1n) is 7.88. The Morgan fingerprint density at radius 2 is 1.96 bits per heavy atom. The van der Waals surface area contributed by atoms with E-state index in [9.17, 15) is 0 Å². The maximum absolute atomic E-state index is 4.25. The molecule has 0 unspecified atom stereocenters. The van der Waals surface area contributed by atoms with E-state index in [4.69, 9.17) is 0 Å². The van der Waals surface area contributed by atoms with Crippen molar-refractivity contribution < 1.29 is 0 Å². The molecule has 132 valence electrons. The van der Waals surface area contributed by atoms with Crippen LogP contribution in [0.3, 0.4) is 0 Å². The summed E-state index contributed by atoms with van der Waals surface area (Å²) < 4.78 is 1.84. The number of guanidine groups is 1. The third-order valence-electron chi connectivity index (χ3n) is 3.32. The molecule has 24 heavy (non-hydrogen) atoms. The molecule has 0 radical (unpaired) electrons. The second-order valence-corrected chi connectivity index (χ2v) is 6.38. The third-order valence-corrected chi connectivity index (χ3v) is 4.34. The standard InChI is InChI=1S/C17H25N5S.HI/c1-18-17(19-10-6-7-15-13-21-22(2)14-15)20-11-12-23-16-8-4-3-5-9-16;/h3-5,8-9,13-14H,6-7,10-12H2,1-2H3,(H2,18,19,20);1H. The number of hydrogen-bond acceptors (Lipinski definition) is 3. The first-order chi connectivity index (χ1) is 11.3. The van der Waals surface area contributed by atoms with Crippen molar-refractivity contribution in [3.05, 3.63) is 48.3 Å². The molecule has 1 aromatic carbocycles. The largest absolute Gasteiger partial charge is 0.356 e. The first-order valence-corrected chi connectivity index (χ1v) is 8.86. The summed E-state index contributed by atoms with van der Waals surface area (Å²) >= 11 is 1.85.